The Kier molecular flexibility index (Phi) is 7.30. The summed E-state index contributed by atoms with van der Waals surface area (Å²) in [5, 5.41) is 36.9. The fraction of sp³-hybridized carbons (Fsp3) is 0.629. The van der Waals surface area contributed by atoms with Crippen LogP contribution in [0.15, 0.2) is 9.55 Å². The minimum Gasteiger partial charge on any atom is -0.388 e. The van der Waals surface area contributed by atoms with Gasteiger partial charge >= 0.3 is 0 Å². The molecule has 5 aliphatic rings. The maximum atomic E-state index is 14.0. The molecule has 0 radical (unpaired) electrons. The van der Waals surface area contributed by atoms with Crippen molar-refractivity contribution in [2.24, 2.45) is 0 Å². The molecule has 1 spiro atoms. The molecule has 2 fully saturated rings. The van der Waals surface area contributed by atoms with E-state index in [1.165, 1.54) is 4.88 Å². The van der Waals surface area contributed by atoms with Crippen LogP contribution in [0.1, 0.15) is 98.6 Å². The van der Waals surface area contributed by atoms with Crippen molar-refractivity contribution >= 4 is 44.0 Å². The van der Waals surface area contributed by atoms with Gasteiger partial charge < -0.3 is 24.7 Å². The van der Waals surface area contributed by atoms with Crippen LogP contribution in [0.3, 0.4) is 0 Å². The molecule has 6 unspecified atom stereocenters. The Morgan fingerprint density at radius 3 is 2.76 bits per heavy atom. The minimum absolute atomic E-state index is 0.00412. The molecule has 0 saturated carbocycles. The van der Waals surface area contributed by atoms with Crippen LogP contribution < -0.4 is 10.2 Å². The first-order valence-corrected chi connectivity index (χ1v) is 19.9. The number of rotatable bonds is 4. The molecule has 4 aromatic heterocycles. The van der Waals surface area contributed by atoms with Gasteiger partial charge in [-0.1, -0.05) is 5.16 Å². The van der Waals surface area contributed by atoms with Crippen molar-refractivity contribution in [3.63, 3.8) is 0 Å². The van der Waals surface area contributed by atoms with Crippen molar-refractivity contribution < 1.29 is 13.8 Å². The van der Waals surface area contributed by atoms with Gasteiger partial charge in [-0.3, -0.25) is 4.21 Å². The Hall–Kier alpha value is -3.38. The number of nitrogens with zero attached hydrogens (tertiary/aromatic N) is 8. The average Bonchev–Trinajstić information content (AvgIpc) is 3.87. The van der Waals surface area contributed by atoms with Crippen LogP contribution in [0.2, 0.25) is 0 Å². The van der Waals surface area contributed by atoms with E-state index in [1.54, 1.807) is 11.3 Å². The molecule has 12 nitrogen and oxygen atoms in total. The molecule has 3 aliphatic heterocycles. The first-order chi connectivity index (χ1) is 23.6. The highest BCUT2D eigenvalue weighted by atomic mass is 32.2. The molecule has 2 aliphatic carbocycles. The highest BCUT2D eigenvalue weighted by Crippen LogP contribution is 2.55. The van der Waals surface area contributed by atoms with Gasteiger partial charge in [-0.25, -0.2) is 14.6 Å². The van der Waals surface area contributed by atoms with Crippen LogP contribution in [0.4, 0.5) is 10.8 Å². The molecule has 4 aromatic rings. The largest absolute Gasteiger partial charge is 0.388 e. The van der Waals surface area contributed by atoms with Crippen molar-refractivity contribution in [3.05, 3.63) is 27.3 Å². The van der Waals surface area contributed by atoms with Gasteiger partial charge in [0, 0.05) is 36.1 Å². The van der Waals surface area contributed by atoms with Crippen molar-refractivity contribution in [1.82, 2.24) is 29.8 Å². The van der Waals surface area contributed by atoms with E-state index in [-0.39, 0.29) is 18.1 Å². The normalized spacial score (nSPS) is 30.1. The standard InChI is InChI=1S/C35H43N9O3S2/c1-19(23-9-7-15-42(23)4)44-31-25-30(43-18-34(2,45)14-11-20(43)17-49(46)33(25)40-44)38-29(39-31)27-21-8-5-12-35(28(21)47-41-27)13-6-10-24-26(35)22(16-36)32(37-3)48-24/h19-20,23,37,45H,5-15,17-18H2,1-4H3. The number of nitriles is 1. The number of hydrogen-bond acceptors (Lipinski definition) is 12. The first-order valence-electron chi connectivity index (χ1n) is 17.8. The second kappa shape index (κ2) is 11.3. The smallest absolute Gasteiger partial charge is 0.186 e. The monoisotopic (exact) mass is 701 g/mol. The average molecular weight is 702 g/mol. The molecule has 9 rings (SSSR count). The zero-order valence-corrected chi connectivity index (χ0v) is 30.2. The third-order valence-electron chi connectivity index (χ3n) is 12.1. The van der Waals surface area contributed by atoms with E-state index < -0.39 is 21.8 Å². The van der Waals surface area contributed by atoms with E-state index in [4.69, 9.17) is 24.7 Å². The molecule has 0 bridgehead atoms. The Bertz CT molecular complexity index is 2060. The number of aliphatic hydroxyl groups is 1. The van der Waals surface area contributed by atoms with Crippen LogP contribution in [0.25, 0.3) is 22.6 Å². The van der Waals surface area contributed by atoms with E-state index in [0.29, 0.717) is 53.1 Å². The Morgan fingerprint density at radius 2 is 2.00 bits per heavy atom. The molecule has 2 saturated heterocycles. The van der Waals surface area contributed by atoms with Crippen LogP contribution >= 0.6 is 11.3 Å². The molecule has 49 heavy (non-hydrogen) atoms. The molecule has 14 heteroatoms. The number of anilines is 2. The number of aryl methyl sites for hydroxylation is 1. The third-order valence-corrected chi connectivity index (χ3v) is 14.8. The minimum atomic E-state index is -1.34. The van der Waals surface area contributed by atoms with Crippen LogP contribution in [-0.2, 0) is 29.1 Å². The lowest BCUT2D eigenvalue weighted by Crippen LogP contribution is -2.53. The third kappa shape index (κ3) is 4.61. The van der Waals surface area contributed by atoms with Gasteiger partial charge in [0.1, 0.15) is 16.9 Å². The number of hydrogen-bond donors (Lipinski definition) is 2. The number of nitrogens with one attached hydrogen (secondary N) is 1. The summed E-state index contributed by atoms with van der Waals surface area (Å²) in [6, 6.07) is 2.76. The number of piperidine rings is 1. The lowest BCUT2D eigenvalue weighted by atomic mass is 9.63. The van der Waals surface area contributed by atoms with Gasteiger partial charge in [-0.15, -0.1) is 11.3 Å². The molecule has 0 amide bonds. The fourth-order valence-electron chi connectivity index (χ4n) is 9.71. The SMILES string of the molecule is CNc1sc2c(c1C#N)C1(CCC2)CCCc2c(-c3nc4c5c(nn(C(C)C6CCCN6C)c5n3)S(=O)CC3CCC(C)(O)CN43)noc21. The van der Waals surface area contributed by atoms with Crippen LogP contribution in [0.5, 0.6) is 0 Å². The maximum absolute atomic E-state index is 14.0. The molecule has 2 N–H and O–H groups in total. The van der Waals surface area contributed by atoms with Crippen molar-refractivity contribution in [3.8, 4) is 17.6 Å². The molecule has 6 atom stereocenters. The summed E-state index contributed by atoms with van der Waals surface area (Å²) in [4.78, 5) is 16.3. The zero-order valence-electron chi connectivity index (χ0n) is 28.6. The van der Waals surface area contributed by atoms with Crippen LogP contribution in [-0.4, -0.2) is 89.7 Å². The van der Waals surface area contributed by atoms with Crippen molar-refractivity contribution in [2.45, 2.75) is 112 Å². The number of likely N-dealkylation sites (tertiary alicyclic amines) is 1. The van der Waals surface area contributed by atoms with Crippen molar-refractivity contribution in [2.75, 3.05) is 43.2 Å². The zero-order chi connectivity index (χ0) is 33.8. The molecular formula is C35H43N9O3S2. The maximum Gasteiger partial charge on any atom is 0.186 e. The first kappa shape index (κ1) is 31.6. The second-order valence-electron chi connectivity index (χ2n) is 15.2. The molecular weight excluding hydrogens is 659 g/mol. The highest BCUT2D eigenvalue weighted by molar-refractivity contribution is 7.85. The van der Waals surface area contributed by atoms with E-state index >= 15 is 0 Å². The van der Waals surface area contributed by atoms with Gasteiger partial charge in [0.05, 0.1) is 44.6 Å². The number of fused-ring (bicyclic) bond motifs is 6. The second-order valence-corrected chi connectivity index (χ2v) is 17.7. The summed E-state index contributed by atoms with van der Waals surface area (Å²) in [6.07, 6.45) is 9.05. The highest BCUT2D eigenvalue weighted by Gasteiger charge is 2.49. The van der Waals surface area contributed by atoms with Gasteiger partial charge in [-0.2, -0.15) is 10.4 Å². The number of thiophene rings is 1. The van der Waals surface area contributed by atoms with Gasteiger partial charge in [0.25, 0.3) is 0 Å². The lowest BCUT2D eigenvalue weighted by molar-refractivity contribution is 0.0380. The molecule has 0 aromatic carbocycles. The van der Waals surface area contributed by atoms with E-state index in [0.717, 1.165) is 90.7 Å². The van der Waals surface area contributed by atoms with Gasteiger partial charge in [0.15, 0.2) is 28.0 Å². The fourth-order valence-corrected chi connectivity index (χ4v) is 12.4. The van der Waals surface area contributed by atoms with Gasteiger partial charge in [-0.05, 0) is 97.2 Å². The predicted molar refractivity (Wildman–Crippen MR) is 189 cm³/mol. The molecule has 7 heterocycles. The van der Waals surface area contributed by atoms with Crippen molar-refractivity contribution in [1.29, 1.82) is 5.26 Å². The summed E-state index contributed by atoms with van der Waals surface area (Å²) in [6.45, 7) is 5.48. The van der Waals surface area contributed by atoms with E-state index in [9.17, 15) is 14.6 Å². The Balaban J connectivity index is 1.26. The quantitative estimate of drug-likeness (QED) is 0.299. The summed E-state index contributed by atoms with van der Waals surface area (Å²) in [5.41, 5.74) is 2.83. The van der Waals surface area contributed by atoms with Crippen LogP contribution in [0, 0.1) is 11.3 Å². The topological polar surface area (TPSA) is 149 Å². The van der Waals surface area contributed by atoms with E-state index in [2.05, 4.69) is 35.2 Å². The summed E-state index contributed by atoms with van der Waals surface area (Å²) < 4.78 is 22.4. The molecule has 258 valence electrons. The summed E-state index contributed by atoms with van der Waals surface area (Å²) >= 11 is 1.69. The summed E-state index contributed by atoms with van der Waals surface area (Å²) in [5.74, 6) is 2.43. The number of aromatic nitrogens is 5. The van der Waals surface area contributed by atoms with E-state index in [1.807, 2.05) is 18.7 Å². The lowest BCUT2D eigenvalue weighted by Gasteiger charge is -2.42. The number of likely N-dealkylation sites (N-methyl/N-ethyl adjacent to an activating group) is 1. The Morgan fingerprint density at radius 1 is 1.18 bits per heavy atom. The predicted octanol–water partition coefficient (Wildman–Crippen LogP) is 4.91. The van der Waals surface area contributed by atoms with Gasteiger partial charge in [0.2, 0.25) is 0 Å². The summed E-state index contributed by atoms with van der Waals surface area (Å²) in [7, 11) is 2.70. The Labute approximate surface area is 292 Å².